The van der Waals surface area contributed by atoms with Gasteiger partial charge < -0.3 is 15.4 Å². The molecule has 0 fully saturated rings. The molecule has 0 amide bonds. The van der Waals surface area contributed by atoms with Gasteiger partial charge in [-0.25, -0.2) is 0 Å². The normalized spacial score (nSPS) is 22.5. The maximum atomic E-state index is 12.1. The van der Waals surface area contributed by atoms with Crippen LogP contribution in [0.1, 0.15) is 22.8 Å². The quantitative estimate of drug-likeness (QED) is 0.666. The second kappa shape index (κ2) is 3.96. The SMILES string of the molecule is [O-][NH+]1Cc2ccccc2C(O)c2ccccc21. The first-order valence-corrected chi connectivity index (χ1v) is 5.65. The van der Waals surface area contributed by atoms with Crippen molar-refractivity contribution in [1.82, 2.24) is 0 Å². The van der Waals surface area contributed by atoms with Crippen LogP contribution in [0.15, 0.2) is 48.5 Å². The lowest BCUT2D eigenvalue weighted by atomic mass is 9.98. The van der Waals surface area contributed by atoms with E-state index in [0.717, 1.165) is 11.1 Å². The van der Waals surface area contributed by atoms with Crippen molar-refractivity contribution in [3.63, 3.8) is 0 Å². The summed E-state index contributed by atoms with van der Waals surface area (Å²) in [6, 6.07) is 14.9. The number of rotatable bonds is 0. The van der Waals surface area contributed by atoms with Gasteiger partial charge in [-0.15, -0.1) is 0 Å². The van der Waals surface area contributed by atoms with Crippen LogP contribution in [0, 0.1) is 5.21 Å². The Labute approximate surface area is 99.5 Å². The molecule has 1 heterocycles. The highest BCUT2D eigenvalue weighted by molar-refractivity contribution is 5.48. The van der Waals surface area contributed by atoms with Crippen molar-refractivity contribution in [3.8, 4) is 0 Å². The van der Waals surface area contributed by atoms with Crippen molar-refractivity contribution >= 4 is 5.69 Å². The van der Waals surface area contributed by atoms with E-state index in [0.29, 0.717) is 17.8 Å². The molecule has 86 valence electrons. The van der Waals surface area contributed by atoms with Crippen LogP contribution in [0.2, 0.25) is 0 Å². The Balaban J connectivity index is 2.22. The second-order valence-electron chi connectivity index (χ2n) is 4.29. The summed E-state index contributed by atoms with van der Waals surface area (Å²) < 4.78 is 0. The fraction of sp³-hybridized carbons (Fsp3) is 0.143. The predicted molar refractivity (Wildman–Crippen MR) is 64.6 cm³/mol. The number of fused-ring (bicyclic) bond motifs is 2. The molecule has 0 spiro atoms. The van der Waals surface area contributed by atoms with Gasteiger partial charge >= 0.3 is 0 Å². The molecule has 3 rings (SSSR count). The largest absolute Gasteiger partial charge is 0.629 e. The molecule has 0 bridgehead atoms. The Morgan fingerprint density at radius 2 is 1.65 bits per heavy atom. The van der Waals surface area contributed by atoms with Gasteiger partial charge in [0, 0.05) is 11.1 Å². The highest BCUT2D eigenvalue weighted by Crippen LogP contribution is 2.30. The van der Waals surface area contributed by atoms with E-state index in [-0.39, 0.29) is 5.06 Å². The summed E-state index contributed by atoms with van der Waals surface area (Å²) in [4.78, 5) is 0. The molecule has 17 heavy (non-hydrogen) atoms. The molecule has 1 aliphatic heterocycles. The molecular weight excluding hydrogens is 214 g/mol. The molecule has 2 aromatic carbocycles. The number of aliphatic hydroxyl groups excluding tert-OH is 1. The highest BCUT2D eigenvalue weighted by Gasteiger charge is 2.25. The molecule has 0 radical (unpaired) electrons. The number of quaternary nitrogens is 1. The second-order valence-corrected chi connectivity index (χ2v) is 4.29. The maximum absolute atomic E-state index is 12.1. The minimum Gasteiger partial charge on any atom is -0.629 e. The molecule has 0 aromatic heterocycles. The van der Waals surface area contributed by atoms with Gasteiger partial charge in [0.05, 0.1) is 0 Å². The summed E-state index contributed by atoms with van der Waals surface area (Å²) in [5.74, 6) is 0. The van der Waals surface area contributed by atoms with Crippen LogP contribution in [0.25, 0.3) is 0 Å². The molecule has 0 saturated carbocycles. The third-order valence-electron chi connectivity index (χ3n) is 3.26. The molecule has 0 saturated heterocycles. The zero-order valence-electron chi connectivity index (χ0n) is 9.26. The third kappa shape index (κ3) is 1.65. The molecular formula is C14H13NO2. The minimum absolute atomic E-state index is 0.0737. The standard InChI is InChI=1S/C14H13NO2/c16-14-11-6-2-1-5-10(11)9-15(17)13-8-4-3-7-12(13)14/h1-8,14-16H,9H2. The van der Waals surface area contributed by atoms with Gasteiger partial charge in [-0.1, -0.05) is 42.5 Å². The average molecular weight is 227 g/mol. The molecule has 2 N–H and O–H groups in total. The van der Waals surface area contributed by atoms with Crippen molar-refractivity contribution in [2.24, 2.45) is 0 Å². The summed E-state index contributed by atoms with van der Waals surface area (Å²) in [6.07, 6.45) is -0.700. The first-order valence-electron chi connectivity index (χ1n) is 5.65. The summed E-state index contributed by atoms with van der Waals surface area (Å²) in [6.45, 7) is 0.365. The topological polar surface area (TPSA) is 47.7 Å². The maximum Gasteiger partial charge on any atom is 0.137 e. The van der Waals surface area contributed by atoms with Crippen molar-refractivity contribution in [1.29, 1.82) is 0 Å². The molecule has 2 atom stereocenters. The third-order valence-corrected chi connectivity index (χ3v) is 3.26. The number of hydroxylamine groups is 1. The molecule has 3 nitrogen and oxygen atoms in total. The zero-order valence-corrected chi connectivity index (χ0v) is 9.26. The van der Waals surface area contributed by atoms with Crippen LogP contribution in [0.3, 0.4) is 0 Å². The van der Waals surface area contributed by atoms with E-state index >= 15 is 0 Å². The summed E-state index contributed by atoms with van der Waals surface area (Å²) in [5, 5.41) is 22.5. The number of aliphatic hydroxyl groups is 1. The highest BCUT2D eigenvalue weighted by atomic mass is 16.5. The van der Waals surface area contributed by atoms with E-state index in [2.05, 4.69) is 0 Å². The number of nitrogens with one attached hydrogen (secondary N) is 1. The van der Waals surface area contributed by atoms with Gasteiger partial charge in [0.1, 0.15) is 18.3 Å². The van der Waals surface area contributed by atoms with Crippen LogP contribution < -0.4 is 5.06 Å². The lowest BCUT2D eigenvalue weighted by Crippen LogP contribution is -3.00. The first kappa shape index (κ1) is 10.5. The van der Waals surface area contributed by atoms with Crippen LogP contribution in [0.5, 0.6) is 0 Å². The Kier molecular flexibility index (Phi) is 2.44. The number of hydrogen-bond donors (Lipinski definition) is 2. The lowest BCUT2D eigenvalue weighted by Gasteiger charge is -2.21. The van der Waals surface area contributed by atoms with Crippen molar-refractivity contribution in [3.05, 3.63) is 70.4 Å². The lowest BCUT2D eigenvalue weighted by molar-refractivity contribution is -0.791. The van der Waals surface area contributed by atoms with Gasteiger partial charge in [0.15, 0.2) is 0 Å². The minimum atomic E-state index is -0.700. The van der Waals surface area contributed by atoms with E-state index in [1.165, 1.54) is 0 Å². The molecule has 1 aliphatic rings. The van der Waals surface area contributed by atoms with Gasteiger partial charge in [-0.05, 0) is 11.6 Å². The monoisotopic (exact) mass is 227 g/mol. The zero-order chi connectivity index (χ0) is 11.8. The molecule has 0 aliphatic carbocycles. The van der Waals surface area contributed by atoms with E-state index in [1.807, 2.05) is 42.5 Å². The van der Waals surface area contributed by atoms with E-state index in [4.69, 9.17) is 0 Å². The summed E-state index contributed by atoms with van der Waals surface area (Å²) >= 11 is 0. The van der Waals surface area contributed by atoms with Gasteiger partial charge in [0.2, 0.25) is 0 Å². The number of hydrogen-bond acceptors (Lipinski definition) is 2. The van der Waals surface area contributed by atoms with E-state index in [1.54, 1.807) is 6.07 Å². The van der Waals surface area contributed by atoms with Crippen molar-refractivity contribution in [2.45, 2.75) is 12.6 Å². The number of para-hydroxylation sites is 1. The number of benzene rings is 2. The van der Waals surface area contributed by atoms with Crippen LogP contribution in [-0.4, -0.2) is 5.11 Å². The van der Waals surface area contributed by atoms with Gasteiger partial charge in [-0.3, -0.25) is 0 Å². The Morgan fingerprint density at radius 1 is 1.00 bits per heavy atom. The fourth-order valence-corrected chi connectivity index (χ4v) is 2.39. The van der Waals surface area contributed by atoms with Crippen LogP contribution in [-0.2, 0) is 6.54 Å². The Bertz CT molecular complexity index is 553. The van der Waals surface area contributed by atoms with Crippen molar-refractivity contribution < 1.29 is 10.2 Å². The fourth-order valence-electron chi connectivity index (χ4n) is 2.39. The molecule has 3 heteroatoms. The van der Waals surface area contributed by atoms with Gasteiger partial charge in [0.25, 0.3) is 0 Å². The Morgan fingerprint density at radius 3 is 2.47 bits per heavy atom. The first-order chi connectivity index (χ1) is 8.27. The molecule has 2 aromatic rings. The smallest absolute Gasteiger partial charge is 0.137 e. The van der Waals surface area contributed by atoms with Crippen molar-refractivity contribution in [2.75, 3.05) is 0 Å². The predicted octanol–water partition coefficient (Wildman–Crippen LogP) is 1.30. The van der Waals surface area contributed by atoms with E-state index < -0.39 is 6.10 Å². The molecule has 2 unspecified atom stereocenters. The Hall–Kier alpha value is -1.68. The van der Waals surface area contributed by atoms with Crippen LogP contribution >= 0.6 is 0 Å². The van der Waals surface area contributed by atoms with E-state index in [9.17, 15) is 10.3 Å². The average Bonchev–Trinajstić information content (AvgIpc) is 2.48. The van der Waals surface area contributed by atoms with Gasteiger partial charge in [-0.2, -0.15) is 0 Å². The summed E-state index contributed by atoms with van der Waals surface area (Å²) in [7, 11) is 0. The van der Waals surface area contributed by atoms with Crippen LogP contribution in [0.4, 0.5) is 5.69 Å². The summed E-state index contributed by atoms with van der Waals surface area (Å²) in [5.41, 5.74) is 3.10.